The molecule has 0 saturated carbocycles. The zero-order chi connectivity index (χ0) is 47.5. The van der Waals surface area contributed by atoms with Crippen molar-refractivity contribution in [3.8, 4) is 0 Å². The van der Waals surface area contributed by atoms with Crippen molar-refractivity contribution in [1.82, 2.24) is 41.2 Å². The van der Waals surface area contributed by atoms with Crippen molar-refractivity contribution in [3.63, 3.8) is 0 Å². The fourth-order valence-corrected chi connectivity index (χ4v) is 11.1. The predicted molar refractivity (Wildman–Crippen MR) is 262 cm³/mol. The summed E-state index contributed by atoms with van der Waals surface area (Å²) < 4.78 is 0. The first kappa shape index (κ1) is 45.8. The molecule has 16 nitrogen and oxygen atoms in total. The second-order valence-electron chi connectivity index (χ2n) is 19.5. The number of pyridine rings is 4. The van der Waals surface area contributed by atoms with Gasteiger partial charge in [-0.05, 0) is 74.2 Å². The molecule has 12 heterocycles. The molecule has 4 N–H and O–H groups in total. The molecule has 0 aromatic carbocycles. The van der Waals surface area contributed by atoms with Crippen molar-refractivity contribution in [1.29, 1.82) is 0 Å². The van der Waals surface area contributed by atoms with Crippen molar-refractivity contribution in [2.24, 2.45) is 21.7 Å². The van der Waals surface area contributed by atoms with Crippen LogP contribution in [0.15, 0.2) is 147 Å². The summed E-state index contributed by atoms with van der Waals surface area (Å²) in [6.45, 7) is 21.9. The van der Waals surface area contributed by atoms with E-state index in [-0.39, 0.29) is 45.3 Å². The van der Waals surface area contributed by atoms with Crippen LogP contribution in [0, 0.1) is 21.7 Å². The van der Waals surface area contributed by atoms with Crippen molar-refractivity contribution in [3.05, 3.63) is 147 Å². The molecular weight excluding hydrogens is 857 g/mol. The van der Waals surface area contributed by atoms with Gasteiger partial charge in [0.2, 0.25) is 23.6 Å². The van der Waals surface area contributed by atoms with Crippen molar-refractivity contribution >= 4 is 46.9 Å². The van der Waals surface area contributed by atoms with E-state index in [1.165, 1.54) is 0 Å². The van der Waals surface area contributed by atoms with E-state index < -0.39 is 0 Å². The highest BCUT2D eigenvalue weighted by atomic mass is 16.2. The molecule has 8 fully saturated rings. The van der Waals surface area contributed by atoms with E-state index in [4.69, 9.17) is 0 Å². The predicted octanol–water partition coefficient (Wildman–Crippen LogP) is 5.25. The molecule has 4 atom stereocenters. The molecule has 4 unspecified atom stereocenters. The highest BCUT2D eigenvalue weighted by Gasteiger charge is 2.52. The maximum absolute atomic E-state index is 12.0. The van der Waals surface area contributed by atoms with Crippen molar-refractivity contribution < 1.29 is 19.2 Å². The summed E-state index contributed by atoms with van der Waals surface area (Å²) in [7, 11) is 0. The number of rotatable bonds is 4. The van der Waals surface area contributed by atoms with E-state index in [2.05, 4.69) is 87.1 Å². The SMILES string of the molecule is C=C1CC2(CCN(c3ccccn3)C2)C(=O)N1.C=C1CC2(CCN(c3ccccn3)C2)C(=O)N1.C=C1CC2(CCN(c3ccccn3)C2)C(=O)N1.C=C1CC2(CCN(c3ccccn3)C2)C(=O)N1. The van der Waals surface area contributed by atoms with Crippen LogP contribution in [0.25, 0.3) is 0 Å². The summed E-state index contributed by atoms with van der Waals surface area (Å²) in [6.07, 6.45) is 13.7. The van der Waals surface area contributed by atoms with Crippen LogP contribution in [0.2, 0.25) is 0 Å². The Labute approximate surface area is 397 Å². The van der Waals surface area contributed by atoms with Crippen LogP contribution in [0.5, 0.6) is 0 Å². The first-order valence-electron chi connectivity index (χ1n) is 23.4. The maximum atomic E-state index is 12.0. The number of hydrogen-bond acceptors (Lipinski definition) is 12. The molecule has 16 heteroatoms. The van der Waals surface area contributed by atoms with Gasteiger partial charge in [-0.2, -0.15) is 0 Å². The number of anilines is 4. The average Bonchev–Trinajstić information content (AvgIpc) is 4.24. The second-order valence-corrected chi connectivity index (χ2v) is 19.5. The summed E-state index contributed by atoms with van der Waals surface area (Å²) in [5, 5.41) is 11.4. The Kier molecular flexibility index (Phi) is 12.6. The van der Waals surface area contributed by atoms with Gasteiger partial charge in [-0.3, -0.25) is 19.2 Å². The fraction of sp³-hybridized carbons (Fsp3) is 0.385. The lowest BCUT2D eigenvalue weighted by atomic mass is 9.85. The third-order valence-electron chi connectivity index (χ3n) is 14.6. The smallest absolute Gasteiger partial charge is 0.232 e. The summed E-state index contributed by atoms with van der Waals surface area (Å²) in [4.78, 5) is 73.9. The lowest BCUT2D eigenvalue weighted by Gasteiger charge is -2.21. The third kappa shape index (κ3) is 9.31. The van der Waals surface area contributed by atoms with Crippen LogP contribution < -0.4 is 40.9 Å². The molecule has 8 saturated heterocycles. The van der Waals surface area contributed by atoms with E-state index in [0.29, 0.717) is 0 Å². The summed E-state index contributed by atoms with van der Waals surface area (Å²) in [5.41, 5.74) is 2.30. The average molecular weight is 917 g/mol. The number of aromatic nitrogens is 4. The molecule has 0 bridgehead atoms. The minimum atomic E-state index is -0.269. The van der Waals surface area contributed by atoms with Crippen LogP contribution in [0.3, 0.4) is 0 Å². The zero-order valence-electron chi connectivity index (χ0n) is 38.6. The summed E-state index contributed by atoms with van der Waals surface area (Å²) in [5.74, 6) is 4.32. The number of amides is 4. The first-order chi connectivity index (χ1) is 32.8. The second kappa shape index (κ2) is 18.7. The zero-order valence-corrected chi connectivity index (χ0v) is 38.6. The van der Waals surface area contributed by atoms with Gasteiger partial charge in [0.25, 0.3) is 0 Å². The van der Waals surface area contributed by atoms with Gasteiger partial charge in [-0.1, -0.05) is 50.6 Å². The van der Waals surface area contributed by atoms with Crippen LogP contribution in [0.4, 0.5) is 23.3 Å². The lowest BCUT2D eigenvalue weighted by molar-refractivity contribution is -0.127. The van der Waals surface area contributed by atoms with Crippen molar-refractivity contribution in [2.75, 3.05) is 72.0 Å². The van der Waals surface area contributed by atoms with Gasteiger partial charge >= 0.3 is 0 Å². The quantitative estimate of drug-likeness (QED) is 0.209. The van der Waals surface area contributed by atoms with E-state index in [0.717, 1.165) is 150 Å². The summed E-state index contributed by atoms with van der Waals surface area (Å²) >= 11 is 0. The minimum absolute atomic E-state index is 0.126. The maximum Gasteiger partial charge on any atom is 0.232 e. The number of carbonyl (C=O) groups is 4. The van der Waals surface area contributed by atoms with Gasteiger partial charge in [0.1, 0.15) is 23.3 Å². The highest BCUT2D eigenvalue weighted by Crippen LogP contribution is 2.44. The molecule has 8 aliphatic heterocycles. The van der Waals surface area contributed by atoms with E-state index >= 15 is 0 Å². The third-order valence-corrected chi connectivity index (χ3v) is 14.6. The monoisotopic (exact) mass is 916 g/mol. The van der Waals surface area contributed by atoms with E-state index in [9.17, 15) is 19.2 Å². The summed E-state index contributed by atoms with van der Waals surface area (Å²) in [6, 6.07) is 23.4. The highest BCUT2D eigenvalue weighted by molar-refractivity contribution is 5.90. The first-order valence-corrected chi connectivity index (χ1v) is 23.4. The molecule has 4 spiro atoms. The number of nitrogens with zero attached hydrogens (tertiary/aromatic N) is 8. The van der Waals surface area contributed by atoms with Gasteiger partial charge in [-0.15, -0.1) is 0 Å². The van der Waals surface area contributed by atoms with Gasteiger partial charge in [0.15, 0.2) is 0 Å². The number of carbonyl (C=O) groups excluding carboxylic acids is 4. The number of nitrogens with one attached hydrogen (secondary N) is 4. The standard InChI is InChI=1S/4C13H15N3O/c4*1-10-8-13(12(17)15-10)5-7-16(9-13)11-4-2-3-6-14-11/h4*2-4,6H,1,5,7-9H2,(H,15,17). The molecule has 8 aliphatic rings. The number of allylic oxidation sites excluding steroid dienone is 4. The molecule has 352 valence electrons. The molecular formula is C52H60N12O4. The van der Waals surface area contributed by atoms with Crippen molar-refractivity contribution in [2.45, 2.75) is 51.4 Å². The Morgan fingerprint density at radius 2 is 0.588 bits per heavy atom. The Balaban J connectivity index is 0.000000113. The van der Waals surface area contributed by atoms with Crippen LogP contribution in [0.1, 0.15) is 51.4 Å². The minimum Gasteiger partial charge on any atom is -0.355 e. The fourth-order valence-electron chi connectivity index (χ4n) is 11.1. The van der Waals surface area contributed by atoms with E-state index in [1.807, 2.05) is 72.8 Å². The van der Waals surface area contributed by atoms with Crippen LogP contribution in [-0.2, 0) is 19.2 Å². The molecule has 68 heavy (non-hydrogen) atoms. The van der Waals surface area contributed by atoms with E-state index in [1.54, 1.807) is 24.8 Å². The normalized spacial score (nSPS) is 27.9. The molecule has 4 aromatic rings. The lowest BCUT2D eigenvalue weighted by Crippen LogP contribution is -2.34. The van der Waals surface area contributed by atoms with Crippen LogP contribution in [-0.4, -0.2) is 95.9 Å². The Morgan fingerprint density at radius 3 is 0.750 bits per heavy atom. The molecule has 0 aliphatic carbocycles. The van der Waals surface area contributed by atoms with Gasteiger partial charge in [0.05, 0.1) is 21.7 Å². The molecule has 4 aromatic heterocycles. The molecule has 4 amide bonds. The van der Waals surface area contributed by atoms with Gasteiger partial charge in [-0.25, -0.2) is 19.9 Å². The largest absolute Gasteiger partial charge is 0.355 e. The Bertz CT molecular complexity index is 2240. The Hall–Kier alpha value is -7.36. The number of hydrogen-bond donors (Lipinski definition) is 4. The molecule has 12 rings (SSSR count). The van der Waals surface area contributed by atoms with Gasteiger partial charge < -0.3 is 40.9 Å². The van der Waals surface area contributed by atoms with Crippen LogP contribution >= 0.6 is 0 Å². The van der Waals surface area contributed by atoms with Gasteiger partial charge in [0, 0.05) is 126 Å². The Morgan fingerprint density at radius 1 is 0.368 bits per heavy atom. The molecule has 0 radical (unpaired) electrons. The topological polar surface area (TPSA) is 181 Å².